The summed E-state index contributed by atoms with van der Waals surface area (Å²) in [7, 11) is 0. The van der Waals surface area contributed by atoms with Crippen LogP contribution in [0.15, 0.2) is 58.6 Å². The maximum Gasteiger partial charge on any atom is 0.101 e. The molecule has 0 aliphatic rings. The van der Waals surface area contributed by atoms with Crippen molar-refractivity contribution in [3.05, 3.63) is 54.2 Å². The van der Waals surface area contributed by atoms with E-state index in [4.69, 9.17) is 0 Å². The average molecular weight is 215 g/mol. The third-order valence-corrected chi connectivity index (χ3v) is 3.27. The second-order valence-corrected chi connectivity index (χ2v) is 4.29. The van der Waals surface area contributed by atoms with Crippen molar-refractivity contribution >= 4 is 11.8 Å². The van der Waals surface area contributed by atoms with Gasteiger partial charge in [0, 0.05) is 11.1 Å². The minimum Gasteiger partial charge on any atom is -0.250 e. The first-order valence-electron chi connectivity index (χ1n) is 5.07. The Morgan fingerprint density at radius 2 is 1.87 bits per heavy atom. The Labute approximate surface area is 94.6 Å². The molecule has 0 radical (unpaired) electrons. The molecule has 1 nitrogen and oxygen atoms in total. The lowest BCUT2D eigenvalue weighted by molar-refractivity contribution is 1.07. The standard InChI is InChI=1S/C13H13NS/c1-2-11-7-3-4-8-12(11)15-13-9-5-6-10-14-13/h3-10H,2H2,1H3. The number of rotatable bonds is 3. The van der Waals surface area contributed by atoms with Crippen LogP contribution in [0.1, 0.15) is 12.5 Å². The topological polar surface area (TPSA) is 12.9 Å². The van der Waals surface area contributed by atoms with Gasteiger partial charge in [-0.05, 0) is 30.2 Å². The van der Waals surface area contributed by atoms with Crippen LogP contribution in [0, 0.1) is 0 Å². The largest absolute Gasteiger partial charge is 0.250 e. The highest BCUT2D eigenvalue weighted by Gasteiger charge is 2.01. The Hall–Kier alpha value is -1.28. The third kappa shape index (κ3) is 2.60. The van der Waals surface area contributed by atoms with Crippen LogP contribution in [0.5, 0.6) is 0 Å². The molecule has 0 fully saturated rings. The van der Waals surface area contributed by atoms with Crippen molar-refractivity contribution in [1.82, 2.24) is 4.98 Å². The molecule has 0 aliphatic carbocycles. The molecule has 1 heterocycles. The van der Waals surface area contributed by atoms with Crippen molar-refractivity contribution in [1.29, 1.82) is 0 Å². The summed E-state index contributed by atoms with van der Waals surface area (Å²) < 4.78 is 0. The van der Waals surface area contributed by atoms with Crippen LogP contribution < -0.4 is 0 Å². The zero-order valence-electron chi connectivity index (χ0n) is 8.68. The molecule has 0 aliphatic heterocycles. The molecule has 0 saturated heterocycles. The zero-order valence-corrected chi connectivity index (χ0v) is 9.50. The molecule has 2 aromatic rings. The van der Waals surface area contributed by atoms with Crippen molar-refractivity contribution in [2.75, 3.05) is 0 Å². The van der Waals surface area contributed by atoms with Gasteiger partial charge < -0.3 is 0 Å². The van der Waals surface area contributed by atoms with Crippen LogP contribution in [0.4, 0.5) is 0 Å². The van der Waals surface area contributed by atoms with Gasteiger partial charge in [-0.3, -0.25) is 0 Å². The number of pyridine rings is 1. The van der Waals surface area contributed by atoms with Gasteiger partial charge in [-0.15, -0.1) is 0 Å². The zero-order chi connectivity index (χ0) is 10.5. The summed E-state index contributed by atoms with van der Waals surface area (Å²) in [5.41, 5.74) is 1.38. The van der Waals surface area contributed by atoms with Gasteiger partial charge in [-0.25, -0.2) is 4.98 Å². The average Bonchev–Trinajstić information content (AvgIpc) is 2.31. The molecule has 76 valence electrons. The van der Waals surface area contributed by atoms with Crippen molar-refractivity contribution in [3.8, 4) is 0 Å². The third-order valence-electron chi connectivity index (χ3n) is 2.21. The van der Waals surface area contributed by atoms with Crippen LogP contribution in [0.3, 0.4) is 0 Å². The highest BCUT2D eigenvalue weighted by Crippen LogP contribution is 2.28. The minimum atomic E-state index is 1.05. The fourth-order valence-corrected chi connectivity index (χ4v) is 2.39. The van der Waals surface area contributed by atoms with Crippen molar-refractivity contribution in [3.63, 3.8) is 0 Å². The molecular weight excluding hydrogens is 202 g/mol. The van der Waals surface area contributed by atoms with E-state index >= 15 is 0 Å². The molecule has 15 heavy (non-hydrogen) atoms. The Morgan fingerprint density at radius 3 is 2.60 bits per heavy atom. The molecule has 2 heteroatoms. The molecule has 0 saturated carbocycles. The van der Waals surface area contributed by atoms with Crippen LogP contribution >= 0.6 is 11.8 Å². The quantitative estimate of drug-likeness (QED) is 0.772. The van der Waals surface area contributed by atoms with Gasteiger partial charge in [0.05, 0.1) is 0 Å². The molecule has 0 atom stereocenters. The van der Waals surface area contributed by atoms with Crippen molar-refractivity contribution in [2.24, 2.45) is 0 Å². The summed E-state index contributed by atoms with van der Waals surface area (Å²) in [5, 5.41) is 1.05. The normalized spacial score (nSPS) is 10.2. The fourth-order valence-electron chi connectivity index (χ4n) is 1.42. The van der Waals surface area contributed by atoms with E-state index < -0.39 is 0 Å². The number of benzene rings is 1. The number of hydrogen-bond donors (Lipinski definition) is 0. The molecule has 1 aromatic heterocycles. The Balaban J connectivity index is 2.24. The smallest absolute Gasteiger partial charge is 0.101 e. The molecule has 1 aromatic carbocycles. The van der Waals surface area contributed by atoms with E-state index in [-0.39, 0.29) is 0 Å². The first kappa shape index (κ1) is 10.2. The summed E-state index contributed by atoms with van der Waals surface area (Å²) in [4.78, 5) is 5.62. The maximum atomic E-state index is 4.31. The van der Waals surface area contributed by atoms with E-state index in [0.717, 1.165) is 11.4 Å². The van der Waals surface area contributed by atoms with E-state index in [2.05, 4.69) is 36.2 Å². The van der Waals surface area contributed by atoms with E-state index in [0.29, 0.717) is 0 Å². The lowest BCUT2D eigenvalue weighted by Crippen LogP contribution is -1.85. The first-order chi connectivity index (χ1) is 7.40. The van der Waals surface area contributed by atoms with E-state index in [1.165, 1.54) is 10.5 Å². The highest BCUT2D eigenvalue weighted by atomic mass is 32.2. The van der Waals surface area contributed by atoms with E-state index in [1.54, 1.807) is 11.8 Å². The number of nitrogens with zero attached hydrogens (tertiary/aromatic N) is 1. The highest BCUT2D eigenvalue weighted by molar-refractivity contribution is 7.99. The first-order valence-corrected chi connectivity index (χ1v) is 5.88. The second kappa shape index (κ2) is 4.99. The van der Waals surface area contributed by atoms with Gasteiger partial charge in [0.2, 0.25) is 0 Å². The summed E-state index contributed by atoms with van der Waals surface area (Å²) >= 11 is 1.73. The van der Waals surface area contributed by atoms with Crippen LogP contribution in [0.2, 0.25) is 0 Å². The number of aromatic nitrogens is 1. The van der Waals surface area contributed by atoms with E-state index in [9.17, 15) is 0 Å². The lowest BCUT2D eigenvalue weighted by atomic mass is 10.2. The number of hydrogen-bond acceptors (Lipinski definition) is 2. The molecule has 0 bridgehead atoms. The Kier molecular flexibility index (Phi) is 3.41. The SMILES string of the molecule is CCc1ccccc1Sc1ccccn1. The molecule has 0 unspecified atom stereocenters. The minimum absolute atomic E-state index is 1.05. The Morgan fingerprint density at radius 1 is 1.07 bits per heavy atom. The van der Waals surface area contributed by atoms with Crippen molar-refractivity contribution < 1.29 is 0 Å². The summed E-state index contributed by atoms with van der Waals surface area (Å²) in [5.74, 6) is 0. The summed E-state index contributed by atoms with van der Waals surface area (Å²) in [6.07, 6.45) is 2.90. The molecule has 0 spiro atoms. The molecular formula is C13H13NS. The monoisotopic (exact) mass is 215 g/mol. The lowest BCUT2D eigenvalue weighted by Gasteiger charge is -2.05. The van der Waals surface area contributed by atoms with Gasteiger partial charge in [-0.2, -0.15) is 0 Å². The molecule has 0 amide bonds. The maximum absolute atomic E-state index is 4.31. The summed E-state index contributed by atoms with van der Waals surface area (Å²) in [6.45, 7) is 2.18. The Bertz CT molecular complexity index is 426. The predicted molar refractivity (Wildman–Crippen MR) is 64.2 cm³/mol. The predicted octanol–water partition coefficient (Wildman–Crippen LogP) is 3.80. The fraction of sp³-hybridized carbons (Fsp3) is 0.154. The molecule has 2 rings (SSSR count). The van der Waals surface area contributed by atoms with Gasteiger partial charge >= 0.3 is 0 Å². The van der Waals surface area contributed by atoms with Gasteiger partial charge in [0.15, 0.2) is 0 Å². The van der Waals surface area contributed by atoms with Crippen LogP contribution in [0.25, 0.3) is 0 Å². The molecule has 0 N–H and O–H groups in total. The second-order valence-electron chi connectivity index (χ2n) is 3.23. The number of aryl methyl sites for hydroxylation is 1. The van der Waals surface area contributed by atoms with Crippen LogP contribution in [-0.4, -0.2) is 4.98 Å². The summed E-state index contributed by atoms with van der Waals surface area (Å²) in [6, 6.07) is 14.5. The van der Waals surface area contributed by atoms with Crippen LogP contribution in [-0.2, 0) is 6.42 Å². The van der Waals surface area contributed by atoms with Gasteiger partial charge in [0.25, 0.3) is 0 Å². The van der Waals surface area contributed by atoms with Crippen molar-refractivity contribution in [2.45, 2.75) is 23.3 Å². The van der Waals surface area contributed by atoms with Gasteiger partial charge in [-0.1, -0.05) is 43.0 Å². The van der Waals surface area contributed by atoms with E-state index in [1.807, 2.05) is 24.4 Å². The van der Waals surface area contributed by atoms with Gasteiger partial charge in [0.1, 0.15) is 5.03 Å².